The highest BCUT2D eigenvalue weighted by Gasteiger charge is 2.21. The maximum Gasteiger partial charge on any atom is 0.158 e. The van der Waals surface area contributed by atoms with Crippen molar-refractivity contribution in [2.24, 2.45) is 5.73 Å². The lowest BCUT2D eigenvalue weighted by molar-refractivity contribution is -0.199. The second kappa shape index (κ2) is 5.48. The Morgan fingerprint density at radius 1 is 1.50 bits per heavy atom. The van der Waals surface area contributed by atoms with Crippen molar-refractivity contribution in [2.75, 3.05) is 19.8 Å². The minimum Gasteiger partial charge on any atom is -0.394 e. The first-order valence-corrected chi connectivity index (χ1v) is 4.45. The molecule has 3 N–H and O–H groups in total. The fraction of sp³-hybridized carbons (Fsp3) is 1.00. The van der Waals surface area contributed by atoms with E-state index < -0.39 is 0 Å². The molecule has 1 aliphatic rings. The molecule has 0 aromatic carbocycles. The van der Waals surface area contributed by atoms with Gasteiger partial charge in [-0.1, -0.05) is 0 Å². The van der Waals surface area contributed by atoms with Crippen LogP contribution >= 0.6 is 0 Å². The van der Waals surface area contributed by atoms with E-state index in [1.54, 1.807) is 0 Å². The molecule has 0 radical (unpaired) electrons. The number of aliphatic hydroxyl groups is 1. The summed E-state index contributed by atoms with van der Waals surface area (Å²) in [6.07, 6.45) is 2.71. The second-order valence-corrected chi connectivity index (χ2v) is 2.96. The van der Waals surface area contributed by atoms with Crippen molar-refractivity contribution >= 4 is 0 Å². The van der Waals surface area contributed by atoms with E-state index in [1.165, 1.54) is 0 Å². The number of nitrogens with two attached hydrogens (primary N) is 1. The number of aliphatic hydroxyl groups excluding tert-OH is 1. The third-order valence-electron chi connectivity index (χ3n) is 1.94. The minimum absolute atomic E-state index is 0.0403. The smallest absolute Gasteiger partial charge is 0.158 e. The van der Waals surface area contributed by atoms with Crippen molar-refractivity contribution in [1.82, 2.24) is 0 Å². The molecule has 4 heteroatoms. The maximum absolute atomic E-state index is 8.83. The topological polar surface area (TPSA) is 64.7 Å². The molecule has 1 rings (SSSR count). The van der Waals surface area contributed by atoms with Gasteiger partial charge in [-0.25, -0.2) is 0 Å². The lowest BCUT2D eigenvalue weighted by atomic mass is 10.1. The van der Waals surface area contributed by atoms with Crippen LogP contribution in [-0.4, -0.2) is 37.3 Å². The summed E-state index contributed by atoms with van der Waals surface area (Å²) in [7, 11) is 0. The third-order valence-corrected chi connectivity index (χ3v) is 1.94. The predicted octanol–water partition coefficient (Wildman–Crippen LogP) is -0.151. The van der Waals surface area contributed by atoms with E-state index in [9.17, 15) is 0 Å². The van der Waals surface area contributed by atoms with Crippen molar-refractivity contribution in [3.63, 3.8) is 0 Å². The lowest BCUT2D eigenvalue weighted by Gasteiger charge is -2.28. The van der Waals surface area contributed by atoms with Crippen molar-refractivity contribution in [3.05, 3.63) is 0 Å². The Kier molecular flexibility index (Phi) is 4.53. The average molecular weight is 175 g/mol. The molecule has 0 aromatic rings. The molecule has 0 bridgehead atoms. The standard InChI is InChI=1S/C8H17NO3/c9-4-5-11-8-3-1-2-7(6-10)12-8/h7-8,10H,1-6,9H2. The van der Waals surface area contributed by atoms with Crippen LogP contribution in [0.5, 0.6) is 0 Å². The molecule has 0 spiro atoms. The number of hydrogen-bond donors (Lipinski definition) is 2. The lowest BCUT2D eigenvalue weighted by Crippen LogP contribution is -2.32. The van der Waals surface area contributed by atoms with Gasteiger partial charge in [0, 0.05) is 6.54 Å². The SMILES string of the molecule is NCCOC1CCCC(CO)O1. The molecule has 72 valence electrons. The van der Waals surface area contributed by atoms with Gasteiger partial charge in [-0.2, -0.15) is 0 Å². The van der Waals surface area contributed by atoms with Gasteiger partial charge in [0.1, 0.15) is 0 Å². The first-order valence-electron chi connectivity index (χ1n) is 4.45. The quantitative estimate of drug-likeness (QED) is 0.623. The zero-order valence-corrected chi connectivity index (χ0v) is 7.24. The Morgan fingerprint density at radius 3 is 3.00 bits per heavy atom. The van der Waals surface area contributed by atoms with Gasteiger partial charge in [0.25, 0.3) is 0 Å². The van der Waals surface area contributed by atoms with E-state index in [2.05, 4.69) is 0 Å². The highest BCUT2D eigenvalue weighted by atomic mass is 16.7. The summed E-state index contributed by atoms with van der Waals surface area (Å²) in [5.74, 6) is 0. The molecule has 0 aliphatic carbocycles. The van der Waals surface area contributed by atoms with E-state index >= 15 is 0 Å². The third kappa shape index (κ3) is 3.06. The molecule has 2 unspecified atom stereocenters. The molecule has 1 fully saturated rings. The summed E-state index contributed by atoms with van der Waals surface area (Å²) in [6, 6.07) is 0. The highest BCUT2D eigenvalue weighted by Crippen LogP contribution is 2.19. The first kappa shape index (κ1) is 9.92. The summed E-state index contributed by atoms with van der Waals surface area (Å²) >= 11 is 0. The van der Waals surface area contributed by atoms with E-state index in [-0.39, 0.29) is 19.0 Å². The number of rotatable bonds is 4. The van der Waals surface area contributed by atoms with Crippen LogP contribution in [0.25, 0.3) is 0 Å². The zero-order valence-electron chi connectivity index (χ0n) is 7.24. The van der Waals surface area contributed by atoms with E-state index in [0.29, 0.717) is 13.2 Å². The van der Waals surface area contributed by atoms with Crippen LogP contribution in [0, 0.1) is 0 Å². The van der Waals surface area contributed by atoms with Crippen molar-refractivity contribution in [3.8, 4) is 0 Å². The fourth-order valence-corrected chi connectivity index (χ4v) is 1.32. The van der Waals surface area contributed by atoms with Crippen molar-refractivity contribution < 1.29 is 14.6 Å². The fourth-order valence-electron chi connectivity index (χ4n) is 1.32. The Labute approximate surface area is 72.6 Å². The summed E-state index contributed by atoms with van der Waals surface area (Å²) in [5.41, 5.74) is 5.28. The predicted molar refractivity (Wildman–Crippen MR) is 44.6 cm³/mol. The van der Waals surface area contributed by atoms with Crippen molar-refractivity contribution in [1.29, 1.82) is 0 Å². The molecule has 4 nitrogen and oxygen atoms in total. The van der Waals surface area contributed by atoms with Crippen LogP contribution < -0.4 is 5.73 Å². The van der Waals surface area contributed by atoms with Gasteiger partial charge in [-0.3, -0.25) is 0 Å². The Morgan fingerprint density at radius 2 is 2.33 bits per heavy atom. The first-order chi connectivity index (χ1) is 5.86. The summed E-state index contributed by atoms with van der Waals surface area (Å²) in [5, 5.41) is 8.83. The molecular formula is C8H17NO3. The zero-order chi connectivity index (χ0) is 8.81. The molecule has 12 heavy (non-hydrogen) atoms. The van der Waals surface area contributed by atoms with Gasteiger partial charge < -0.3 is 20.3 Å². The van der Waals surface area contributed by atoms with E-state index in [1.807, 2.05) is 0 Å². The van der Waals surface area contributed by atoms with Gasteiger partial charge in [0.2, 0.25) is 0 Å². The van der Waals surface area contributed by atoms with Crippen LogP contribution in [-0.2, 0) is 9.47 Å². The molecule has 2 atom stereocenters. The van der Waals surface area contributed by atoms with Crippen LogP contribution in [0.2, 0.25) is 0 Å². The molecule has 1 aliphatic heterocycles. The molecular weight excluding hydrogens is 158 g/mol. The molecule has 1 saturated heterocycles. The highest BCUT2D eigenvalue weighted by molar-refractivity contribution is 4.64. The number of hydrogen-bond acceptors (Lipinski definition) is 4. The van der Waals surface area contributed by atoms with Gasteiger partial charge >= 0.3 is 0 Å². The maximum atomic E-state index is 8.83. The number of ether oxygens (including phenoxy) is 2. The Balaban J connectivity index is 2.16. The second-order valence-electron chi connectivity index (χ2n) is 2.96. The van der Waals surface area contributed by atoms with Gasteiger partial charge in [-0.05, 0) is 19.3 Å². The molecule has 0 saturated carbocycles. The van der Waals surface area contributed by atoms with Crippen LogP contribution in [0.3, 0.4) is 0 Å². The average Bonchev–Trinajstić information content (AvgIpc) is 2.15. The monoisotopic (exact) mass is 175 g/mol. The van der Waals surface area contributed by atoms with Crippen LogP contribution in [0.4, 0.5) is 0 Å². The molecule has 0 aromatic heterocycles. The van der Waals surface area contributed by atoms with Crippen LogP contribution in [0.1, 0.15) is 19.3 Å². The van der Waals surface area contributed by atoms with Gasteiger partial charge in [-0.15, -0.1) is 0 Å². The largest absolute Gasteiger partial charge is 0.394 e. The summed E-state index contributed by atoms with van der Waals surface area (Å²) < 4.78 is 10.7. The summed E-state index contributed by atoms with van der Waals surface area (Å²) in [6.45, 7) is 1.13. The molecule has 0 amide bonds. The summed E-state index contributed by atoms with van der Waals surface area (Å²) in [4.78, 5) is 0. The Hall–Kier alpha value is -0.160. The van der Waals surface area contributed by atoms with Crippen molar-refractivity contribution in [2.45, 2.75) is 31.7 Å². The van der Waals surface area contributed by atoms with E-state index in [0.717, 1.165) is 19.3 Å². The van der Waals surface area contributed by atoms with E-state index in [4.69, 9.17) is 20.3 Å². The molecule has 1 heterocycles. The minimum atomic E-state index is -0.153. The van der Waals surface area contributed by atoms with Crippen LogP contribution in [0.15, 0.2) is 0 Å². The normalized spacial score (nSPS) is 30.5. The van der Waals surface area contributed by atoms with Gasteiger partial charge in [0.15, 0.2) is 6.29 Å². The van der Waals surface area contributed by atoms with Gasteiger partial charge in [0.05, 0.1) is 19.3 Å². The Bertz CT molecular complexity index is 121.